The molecule has 1 rings (SSSR count). The van der Waals surface area contributed by atoms with Gasteiger partial charge < -0.3 is 5.73 Å². The molecular weight excluding hydrogens is 296 g/mol. The number of benzene rings is 1. The minimum atomic E-state index is -4.86. The smallest absolute Gasteiger partial charge is 0.324 e. The zero-order chi connectivity index (χ0) is 14.1. The van der Waals surface area contributed by atoms with Crippen LogP contribution >= 0.6 is 12.4 Å². The van der Waals surface area contributed by atoms with Gasteiger partial charge in [-0.05, 0) is 24.1 Å². The molecule has 0 radical (unpaired) electrons. The molecule has 0 aromatic heterocycles. The predicted octanol–water partition coefficient (Wildman–Crippen LogP) is 4.56. The standard InChI is InChI=1S/C11H11F6N.ClH/c1-2-9(18)7-4-3-6(10(12,13)14)5-8(7)11(15,16)17;/h3-5,9H,2,18H2,1H3;1H/t9-;/m0./s1. The van der Waals surface area contributed by atoms with Gasteiger partial charge in [-0.15, -0.1) is 12.4 Å². The summed E-state index contributed by atoms with van der Waals surface area (Å²) >= 11 is 0. The van der Waals surface area contributed by atoms with E-state index < -0.39 is 29.5 Å². The Morgan fingerprint density at radius 1 is 1.05 bits per heavy atom. The van der Waals surface area contributed by atoms with Crippen LogP contribution in [0.5, 0.6) is 0 Å². The van der Waals surface area contributed by atoms with E-state index in [-0.39, 0.29) is 30.5 Å². The van der Waals surface area contributed by atoms with Crippen molar-refractivity contribution >= 4 is 12.4 Å². The number of halogens is 7. The molecule has 0 saturated carbocycles. The van der Waals surface area contributed by atoms with E-state index in [2.05, 4.69) is 0 Å². The summed E-state index contributed by atoms with van der Waals surface area (Å²) in [4.78, 5) is 0. The zero-order valence-electron chi connectivity index (χ0n) is 9.77. The van der Waals surface area contributed by atoms with Gasteiger partial charge in [0.1, 0.15) is 0 Å². The van der Waals surface area contributed by atoms with E-state index in [1.807, 2.05) is 0 Å². The first kappa shape index (κ1) is 18.0. The molecule has 19 heavy (non-hydrogen) atoms. The molecule has 0 bridgehead atoms. The third-order valence-electron chi connectivity index (χ3n) is 2.53. The first-order valence-electron chi connectivity index (χ1n) is 5.11. The highest BCUT2D eigenvalue weighted by Crippen LogP contribution is 2.39. The fourth-order valence-electron chi connectivity index (χ4n) is 1.52. The van der Waals surface area contributed by atoms with Crippen LogP contribution < -0.4 is 5.73 Å². The highest BCUT2D eigenvalue weighted by molar-refractivity contribution is 5.85. The van der Waals surface area contributed by atoms with Crippen LogP contribution in [-0.2, 0) is 12.4 Å². The molecule has 1 nitrogen and oxygen atoms in total. The summed E-state index contributed by atoms with van der Waals surface area (Å²) in [6, 6.07) is 0.564. The maximum Gasteiger partial charge on any atom is 0.416 e. The van der Waals surface area contributed by atoms with E-state index >= 15 is 0 Å². The lowest BCUT2D eigenvalue weighted by Gasteiger charge is -2.19. The molecule has 0 amide bonds. The molecule has 0 fully saturated rings. The first-order valence-corrected chi connectivity index (χ1v) is 5.11. The van der Waals surface area contributed by atoms with Gasteiger partial charge in [-0.25, -0.2) is 0 Å². The Morgan fingerprint density at radius 3 is 1.95 bits per heavy atom. The predicted molar refractivity (Wildman–Crippen MR) is 60.9 cm³/mol. The van der Waals surface area contributed by atoms with Crippen LogP contribution in [0.1, 0.15) is 36.1 Å². The van der Waals surface area contributed by atoms with Crippen molar-refractivity contribution in [3.8, 4) is 0 Å². The fraction of sp³-hybridized carbons (Fsp3) is 0.455. The van der Waals surface area contributed by atoms with Gasteiger partial charge in [-0.1, -0.05) is 13.0 Å². The molecule has 0 aliphatic rings. The second-order valence-corrected chi connectivity index (χ2v) is 3.81. The van der Waals surface area contributed by atoms with Gasteiger partial charge in [0.25, 0.3) is 0 Å². The van der Waals surface area contributed by atoms with E-state index in [1.54, 1.807) is 6.92 Å². The molecule has 0 heterocycles. The Kier molecular flexibility index (Phi) is 5.70. The third-order valence-corrected chi connectivity index (χ3v) is 2.53. The molecule has 1 aromatic rings. The maximum atomic E-state index is 12.7. The van der Waals surface area contributed by atoms with Crippen LogP contribution in [0.15, 0.2) is 18.2 Å². The van der Waals surface area contributed by atoms with Crippen LogP contribution in [0.3, 0.4) is 0 Å². The topological polar surface area (TPSA) is 26.0 Å². The van der Waals surface area contributed by atoms with Gasteiger partial charge in [-0.2, -0.15) is 26.3 Å². The molecule has 1 aromatic carbocycles. The second-order valence-electron chi connectivity index (χ2n) is 3.81. The van der Waals surface area contributed by atoms with Crippen LogP contribution in [0.4, 0.5) is 26.3 Å². The van der Waals surface area contributed by atoms with E-state index in [1.165, 1.54) is 0 Å². The normalized spacial score (nSPS) is 13.9. The van der Waals surface area contributed by atoms with E-state index in [0.29, 0.717) is 6.07 Å². The van der Waals surface area contributed by atoms with Crippen LogP contribution in [-0.4, -0.2) is 0 Å². The lowest BCUT2D eigenvalue weighted by atomic mass is 9.96. The van der Waals surface area contributed by atoms with Crippen LogP contribution in [0.25, 0.3) is 0 Å². The number of hydrogen-bond donors (Lipinski definition) is 1. The van der Waals surface area contributed by atoms with Crippen molar-refractivity contribution in [1.82, 2.24) is 0 Å². The number of alkyl halides is 6. The van der Waals surface area contributed by atoms with Gasteiger partial charge in [0.15, 0.2) is 0 Å². The highest BCUT2D eigenvalue weighted by atomic mass is 35.5. The monoisotopic (exact) mass is 307 g/mol. The molecule has 0 unspecified atom stereocenters. The van der Waals surface area contributed by atoms with Crippen molar-refractivity contribution in [2.75, 3.05) is 0 Å². The Hall–Kier alpha value is -0.950. The quantitative estimate of drug-likeness (QED) is 0.797. The molecule has 1 atom stereocenters. The Labute approximate surface area is 112 Å². The summed E-state index contributed by atoms with van der Waals surface area (Å²) in [6.45, 7) is 1.56. The van der Waals surface area contributed by atoms with E-state index in [0.717, 1.165) is 6.07 Å². The van der Waals surface area contributed by atoms with E-state index in [4.69, 9.17) is 5.73 Å². The summed E-state index contributed by atoms with van der Waals surface area (Å²) < 4.78 is 75.2. The van der Waals surface area contributed by atoms with Gasteiger partial charge in [-0.3, -0.25) is 0 Å². The molecule has 0 aliphatic carbocycles. The molecule has 0 saturated heterocycles. The van der Waals surface area contributed by atoms with E-state index in [9.17, 15) is 26.3 Å². The third kappa shape index (κ3) is 4.28. The SMILES string of the molecule is CC[C@H](N)c1ccc(C(F)(F)F)cc1C(F)(F)F.Cl. The van der Waals surface area contributed by atoms with Gasteiger partial charge >= 0.3 is 12.4 Å². The Bertz CT molecular complexity index is 426. The van der Waals surface area contributed by atoms with Gasteiger partial charge in [0.05, 0.1) is 11.1 Å². The molecule has 110 valence electrons. The Morgan fingerprint density at radius 2 is 1.58 bits per heavy atom. The largest absolute Gasteiger partial charge is 0.416 e. The van der Waals surface area contributed by atoms with Crippen molar-refractivity contribution in [2.45, 2.75) is 31.7 Å². The summed E-state index contributed by atoms with van der Waals surface area (Å²) in [5.74, 6) is 0. The van der Waals surface area contributed by atoms with Crippen molar-refractivity contribution in [3.63, 3.8) is 0 Å². The van der Waals surface area contributed by atoms with Crippen LogP contribution in [0.2, 0.25) is 0 Å². The highest BCUT2D eigenvalue weighted by Gasteiger charge is 2.38. The lowest BCUT2D eigenvalue weighted by molar-refractivity contribution is -0.143. The Balaban J connectivity index is 0.00000324. The first-order chi connectivity index (χ1) is 8.07. The molecule has 8 heteroatoms. The molecular formula is C11H12ClF6N. The van der Waals surface area contributed by atoms with Crippen molar-refractivity contribution < 1.29 is 26.3 Å². The lowest BCUT2D eigenvalue weighted by Crippen LogP contribution is -2.18. The second kappa shape index (κ2) is 6.00. The molecule has 0 aliphatic heterocycles. The zero-order valence-corrected chi connectivity index (χ0v) is 10.6. The summed E-state index contributed by atoms with van der Waals surface area (Å²) in [5.41, 5.74) is 2.49. The fourth-order valence-corrected chi connectivity index (χ4v) is 1.52. The summed E-state index contributed by atoms with van der Waals surface area (Å²) in [7, 11) is 0. The number of hydrogen-bond acceptors (Lipinski definition) is 1. The average molecular weight is 308 g/mol. The summed E-state index contributed by atoms with van der Waals surface area (Å²) in [6.07, 6.45) is -9.47. The average Bonchev–Trinajstić information content (AvgIpc) is 2.24. The maximum absolute atomic E-state index is 12.7. The number of nitrogens with two attached hydrogens (primary N) is 1. The number of rotatable bonds is 2. The molecule has 2 N–H and O–H groups in total. The minimum absolute atomic E-state index is 0. The summed E-state index contributed by atoms with van der Waals surface area (Å²) in [5, 5.41) is 0. The van der Waals surface area contributed by atoms with Crippen LogP contribution in [0, 0.1) is 0 Å². The van der Waals surface area contributed by atoms with Crippen molar-refractivity contribution in [1.29, 1.82) is 0 Å². The molecule has 0 spiro atoms. The van der Waals surface area contributed by atoms with Crippen molar-refractivity contribution in [3.05, 3.63) is 34.9 Å². The van der Waals surface area contributed by atoms with Gasteiger partial charge in [0, 0.05) is 6.04 Å². The van der Waals surface area contributed by atoms with Crippen molar-refractivity contribution in [2.24, 2.45) is 5.73 Å². The van der Waals surface area contributed by atoms with Gasteiger partial charge in [0.2, 0.25) is 0 Å². The minimum Gasteiger partial charge on any atom is -0.324 e.